The zero-order valence-corrected chi connectivity index (χ0v) is 15.1. The van der Waals surface area contributed by atoms with E-state index in [4.69, 9.17) is 4.42 Å². The van der Waals surface area contributed by atoms with Crippen molar-refractivity contribution >= 4 is 22.7 Å². The van der Waals surface area contributed by atoms with E-state index in [1.54, 1.807) is 18.5 Å². The summed E-state index contributed by atoms with van der Waals surface area (Å²) in [5.41, 5.74) is 4.25. The number of aryl methyl sites for hydroxylation is 2. The fourth-order valence-electron chi connectivity index (χ4n) is 2.74. The second kappa shape index (κ2) is 6.76. The molecule has 0 radical (unpaired) electrons. The second-order valence-electron chi connectivity index (χ2n) is 5.97. The maximum Gasteiger partial charge on any atom is 0.336 e. The van der Waals surface area contributed by atoms with Gasteiger partial charge < -0.3 is 4.42 Å². The molecule has 0 aliphatic rings. The van der Waals surface area contributed by atoms with E-state index in [0.29, 0.717) is 22.3 Å². The minimum Gasteiger partial charge on any atom is -0.422 e. The van der Waals surface area contributed by atoms with Gasteiger partial charge >= 0.3 is 5.63 Å². The fourth-order valence-corrected chi connectivity index (χ4v) is 3.53. The van der Waals surface area contributed by atoms with Crippen molar-refractivity contribution in [3.8, 4) is 11.4 Å². The number of H-pyrrole nitrogens is 1. The third kappa shape index (κ3) is 3.13. The Balaban J connectivity index is 1.62. The van der Waals surface area contributed by atoms with Crippen molar-refractivity contribution in [3.63, 3.8) is 0 Å². The van der Waals surface area contributed by atoms with E-state index in [0.717, 1.165) is 27.6 Å². The van der Waals surface area contributed by atoms with Crippen LogP contribution >= 0.6 is 11.8 Å². The topological polar surface area (TPSA) is 84.7 Å². The number of hydrogen-bond donors (Lipinski definition) is 1. The number of fused-ring (bicyclic) bond motifs is 1. The molecule has 0 aliphatic carbocycles. The highest BCUT2D eigenvalue weighted by molar-refractivity contribution is 7.98. The molecule has 0 unspecified atom stereocenters. The zero-order chi connectivity index (χ0) is 18.1. The van der Waals surface area contributed by atoms with Crippen LogP contribution in [0.25, 0.3) is 22.4 Å². The van der Waals surface area contributed by atoms with Crippen LogP contribution < -0.4 is 5.63 Å². The Morgan fingerprint density at radius 2 is 1.96 bits per heavy atom. The summed E-state index contributed by atoms with van der Waals surface area (Å²) in [6.45, 7) is 3.97. The fraction of sp³-hybridized carbons (Fsp3) is 0.158. The first kappa shape index (κ1) is 16.5. The second-order valence-corrected chi connectivity index (χ2v) is 6.91. The quantitative estimate of drug-likeness (QED) is 0.437. The summed E-state index contributed by atoms with van der Waals surface area (Å²) in [6, 6.07) is 9.32. The Hall–Kier alpha value is -2.93. The van der Waals surface area contributed by atoms with Crippen molar-refractivity contribution in [2.75, 3.05) is 0 Å². The van der Waals surface area contributed by atoms with Crippen molar-refractivity contribution in [1.82, 2.24) is 20.2 Å². The lowest BCUT2D eigenvalue weighted by Crippen LogP contribution is -2.01. The Labute approximate surface area is 153 Å². The van der Waals surface area contributed by atoms with Gasteiger partial charge in [-0.3, -0.25) is 10.1 Å². The summed E-state index contributed by atoms with van der Waals surface area (Å²) < 4.78 is 5.42. The maximum atomic E-state index is 11.9. The summed E-state index contributed by atoms with van der Waals surface area (Å²) in [6.07, 6.45) is 3.43. The van der Waals surface area contributed by atoms with Crippen LogP contribution in [0, 0.1) is 13.8 Å². The van der Waals surface area contributed by atoms with E-state index in [2.05, 4.69) is 20.2 Å². The summed E-state index contributed by atoms with van der Waals surface area (Å²) in [5.74, 6) is 1.27. The summed E-state index contributed by atoms with van der Waals surface area (Å²) >= 11 is 1.47. The number of benzene rings is 1. The van der Waals surface area contributed by atoms with E-state index < -0.39 is 0 Å². The molecule has 7 heteroatoms. The molecular weight excluding hydrogens is 348 g/mol. The number of aromatic nitrogens is 4. The third-order valence-electron chi connectivity index (χ3n) is 4.29. The standard InChI is InChI=1S/C19H16N4O2S/c1-11-3-4-15-14(9-16(24)25-17(15)12(11)2)10-26-19-21-18(22-23-19)13-5-7-20-8-6-13/h3-9H,10H2,1-2H3,(H,21,22,23). The molecule has 6 nitrogen and oxygen atoms in total. The van der Waals surface area contributed by atoms with Crippen LogP contribution in [0.2, 0.25) is 0 Å². The molecule has 0 amide bonds. The van der Waals surface area contributed by atoms with Gasteiger partial charge in [-0.25, -0.2) is 9.78 Å². The van der Waals surface area contributed by atoms with Crippen molar-refractivity contribution in [2.45, 2.75) is 24.8 Å². The molecule has 0 aliphatic heterocycles. The average Bonchev–Trinajstić information content (AvgIpc) is 3.13. The zero-order valence-electron chi connectivity index (χ0n) is 14.3. The molecule has 130 valence electrons. The lowest BCUT2D eigenvalue weighted by atomic mass is 10.0. The van der Waals surface area contributed by atoms with Crippen molar-refractivity contribution in [3.05, 3.63) is 69.8 Å². The van der Waals surface area contributed by atoms with E-state index in [-0.39, 0.29) is 5.63 Å². The van der Waals surface area contributed by atoms with Crippen LogP contribution in [0.3, 0.4) is 0 Å². The summed E-state index contributed by atoms with van der Waals surface area (Å²) in [5, 5.41) is 8.76. The lowest BCUT2D eigenvalue weighted by molar-refractivity contribution is 0.557. The SMILES string of the molecule is Cc1ccc2c(CSc3n[nH]c(-c4ccncc4)n3)cc(=O)oc2c1C. The number of aromatic amines is 1. The van der Waals surface area contributed by atoms with Gasteiger partial charge in [0.25, 0.3) is 0 Å². The Morgan fingerprint density at radius 3 is 2.77 bits per heavy atom. The van der Waals surface area contributed by atoms with E-state index in [9.17, 15) is 4.79 Å². The highest BCUT2D eigenvalue weighted by Gasteiger charge is 2.12. The number of rotatable bonds is 4. The molecular formula is C19H16N4O2S. The van der Waals surface area contributed by atoms with Crippen LogP contribution in [0.4, 0.5) is 0 Å². The molecule has 0 fully saturated rings. The molecule has 1 aromatic carbocycles. The Bertz CT molecular complexity index is 1140. The van der Waals surface area contributed by atoms with Crippen LogP contribution in [0.5, 0.6) is 0 Å². The predicted molar refractivity (Wildman–Crippen MR) is 101 cm³/mol. The van der Waals surface area contributed by atoms with E-state index in [1.165, 1.54) is 11.8 Å². The van der Waals surface area contributed by atoms with Crippen molar-refractivity contribution in [2.24, 2.45) is 0 Å². The van der Waals surface area contributed by atoms with Gasteiger partial charge in [0.1, 0.15) is 5.58 Å². The highest BCUT2D eigenvalue weighted by Crippen LogP contribution is 2.28. The monoisotopic (exact) mass is 364 g/mol. The molecule has 0 atom stereocenters. The van der Waals surface area contributed by atoms with Crippen LogP contribution in [0.1, 0.15) is 16.7 Å². The first-order valence-corrected chi connectivity index (χ1v) is 9.09. The summed E-state index contributed by atoms with van der Waals surface area (Å²) in [4.78, 5) is 20.4. The number of pyridine rings is 1. The average molecular weight is 364 g/mol. The van der Waals surface area contributed by atoms with E-state index >= 15 is 0 Å². The molecule has 4 aromatic rings. The van der Waals surface area contributed by atoms with Gasteiger partial charge in [0.2, 0.25) is 5.16 Å². The van der Waals surface area contributed by atoms with Gasteiger partial charge in [-0.15, -0.1) is 5.10 Å². The number of nitrogens with zero attached hydrogens (tertiary/aromatic N) is 3. The lowest BCUT2D eigenvalue weighted by Gasteiger charge is -2.08. The first-order valence-electron chi connectivity index (χ1n) is 8.10. The normalized spacial score (nSPS) is 11.2. The minimum atomic E-state index is -0.339. The molecule has 0 saturated heterocycles. The smallest absolute Gasteiger partial charge is 0.336 e. The first-order chi connectivity index (χ1) is 12.6. The molecule has 4 rings (SSSR count). The van der Waals surface area contributed by atoms with Gasteiger partial charge in [-0.2, -0.15) is 0 Å². The number of nitrogens with one attached hydrogen (secondary N) is 1. The Kier molecular flexibility index (Phi) is 4.30. The van der Waals surface area contributed by atoms with Crippen molar-refractivity contribution in [1.29, 1.82) is 0 Å². The highest BCUT2D eigenvalue weighted by atomic mass is 32.2. The third-order valence-corrected chi connectivity index (χ3v) is 5.19. The van der Waals surface area contributed by atoms with Crippen LogP contribution in [-0.4, -0.2) is 20.2 Å². The minimum absolute atomic E-state index is 0.339. The van der Waals surface area contributed by atoms with Gasteiger partial charge in [-0.1, -0.05) is 23.9 Å². The molecule has 1 N–H and O–H groups in total. The maximum absolute atomic E-state index is 11.9. The number of hydrogen-bond acceptors (Lipinski definition) is 6. The molecule has 0 saturated carbocycles. The molecule has 0 spiro atoms. The van der Waals surface area contributed by atoms with Crippen LogP contribution in [-0.2, 0) is 5.75 Å². The van der Waals surface area contributed by atoms with E-state index in [1.807, 2.05) is 38.1 Å². The van der Waals surface area contributed by atoms with Gasteiger partial charge in [-0.05, 0) is 42.7 Å². The predicted octanol–water partition coefficient (Wildman–Crippen LogP) is 3.88. The molecule has 26 heavy (non-hydrogen) atoms. The molecule has 3 heterocycles. The molecule has 3 aromatic heterocycles. The largest absolute Gasteiger partial charge is 0.422 e. The summed E-state index contributed by atoms with van der Waals surface area (Å²) in [7, 11) is 0. The number of thioether (sulfide) groups is 1. The van der Waals surface area contributed by atoms with Gasteiger partial charge in [0, 0.05) is 35.2 Å². The van der Waals surface area contributed by atoms with Crippen LogP contribution in [0.15, 0.2) is 57.1 Å². The van der Waals surface area contributed by atoms with Gasteiger partial charge in [0.15, 0.2) is 5.82 Å². The molecule has 0 bridgehead atoms. The van der Waals surface area contributed by atoms with Crippen molar-refractivity contribution < 1.29 is 4.42 Å². The Morgan fingerprint density at radius 1 is 1.15 bits per heavy atom. The van der Waals surface area contributed by atoms with Gasteiger partial charge in [0.05, 0.1) is 0 Å².